The Bertz CT molecular complexity index is 561. The van der Waals surface area contributed by atoms with Gasteiger partial charge >= 0.3 is 5.97 Å². The van der Waals surface area contributed by atoms with E-state index in [0.717, 1.165) is 24.9 Å². The minimum absolute atomic E-state index is 0.00136. The first-order valence-corrected chi connectivity index (χ1v) is 9.16. The van der Waals surface area contributed by atoms with Gasteiger partial charge in [0.05, 0.1) is 18.2 Å². The predicted octanol–water partition coefficient (Wildman–Crippen LogP) is 2.09. The average Bonchev–Trinajstić information content (AvgIpc) is 3.16. The fraction of sp³-hybridized carbons (Fsp3) is 0.579. The highest BCUT2D eigenvalue weighted by Crippen LogP contribution is 2.20. The number of thiocarbonyl (C=S) groups is 1. The van der Waals surface area contributed by atoms with Gasteiger partial charge in [-0.25, -0.2) is 4.79 Å². The molecule has 1 fully saturated rings. The first-order valence-electron chi connectivity index (χ1n) is 8.75. The van der Waals surface area contributed by atoms with E-state index in [1.165, 1.54) is 7.11 Å². The van der Waals surface area contributed by atoms with E-state index in [2.05, 4.69) is 10.6 Å². The smallest absolute Gasteiger partial charge is 0.328 e. The van der Waals surface area contributed by atoms with E-state index < -0.39 is 6.04 Å². The van der Waals surface area contributed by atoms with Crippen LogP contribution >= 0.6 is 12.2 Å². The van der Waals surface area contributed by atoms with Crippen LogP contribution in [0.4, 0.5) is 0 Å². The topological polar surface area (TPSA) is 59.6 Å². The van der Waals surface area contributed by atoms with Crippen molar-refractivity contribution in [2.24, 2.45) is 5.92 Å². The van der Waals surface area contributed by atoms with Crippen LogP contribution < -0.4 is 10.6 Å². The minimum Gasteiger partial charge on any atom is -0.467 e. The van der Waals surface area contributed by atoms with Crippen molar-refractivity contribution in [3.05, 3.63) is 35.9 Å². The van der Waals surface area contributed by atoms with Crippen LogP contribution in [0.2, 0.25) is 0 Å². The van der Waals surface area contributed by atoms with Gasteiger partial charge < -0.3 is 20.1 Å². The van der Waals surface area contributed by atoms with Crippen LogP contribution in [0.25, 0.3) is 0 Å². The van der Waals surface area contributed by atoms with Crippen molar-refractivity contribution < 1.29 is 14.3 Å². The molecule has 2 rings (SSSR count). The lowest BCUT2D eigenvalue weighted by molar-refractivity contribution is -0.142. The number of hydrogen-bond donors (Lipinski definition) is 2. The summed E-state index contributed by atoms with van der Waals surface area (Å²) in [7, 11) is 3.11. The minimum atomic E-state index is -0.503. The summed E-state index contributed by atoms with van der Waals surface area (Å²) in [6, 6.07) is 9.64. The zero-order valence-electron chi connectivity index (χ0n) is 15.2. The van der Waals surface area contributed by atoms with Gasteiger partial charge in [-0.1, -0.05) is 49.5 Å². The molecule has 1 aliphatic rings. The molecule has 0 amide bonds. The number of esters is 1. The number of hydrogen-bond acceptors (Lipinski definition) is 5. The molecule has 5 nitrogen and oxygen atoms in total. The van der Waals surface area contributed by atoms with Gasteiger partial charge in [-0.05, 0) is 24.9 Å². The number of benzene rings is 1. The number of nitrogens with one attached hydrogen (secondary N) is 2. The standard InChI is InChI=1S/C19H28N2O3S/c1-13(17(23-2)15-10-7-11-20-15)18(25)21-16(19(22)24-3)12-14-8-5-4-6-9-14/h4-6,8-9,13,15-17,20H,7,10-12H2,1-3H3,(H,21,25)/t13?,15-,16?,17+/m0/s1. The molecule has 1 aromatic rings. The summed E-state index contributed by atoms with van der Waals surface area (Å²) in [6.07, 6.45) is 2.74. The van der Waals surface area contributed by atoms with Crippen molar-refractivity contribution in [1.82, 2.24) is 10.6 Å². The highest BCUT2D eigenvalue weighted by Gasteiger charge is 2.32. The molecule has 6 heteroatoms. The molecular weight excluding hydrogens is 336 g/mol. The summed E-state index contributed by atoms with van der Waals surface area (Å²) in [4.78, 5) is 12.8. The van der Waals surface area contributed by atoms with Gasteiger partial charge in [0.15, 0.2) is 0 Å². The first kappa shape index (κ1) is 19.8. The molecule has 0 saturated carbocycles. The molecule has 138 valence electrons. The number of rotatable bonds is 8. The average molecular weight is 365 g/mol. The van der Waals surface area contributed by atoms with Crippen LogP contribution in [0, 0.1) is 5.92 Å². The quantitative estimate of drug-likeness (QED) is 0.544. The van der Waals surface area contributed by atoms with Crippen molar-refractivity contribution >= 4 is 23.2 Å². The highest BCUT2D eigenvalue weighted by molar-refractivity contribution is 7.80. The molecule has 0 bridgehead atoms. The Labute approximate surface area is 155 Å². The second-order valence-electron chi connectivity index (χ2n) is 6.47. The molecule has 1 aromatic carbocycles. The maximum atomic E-state index is 12.2. The third-order valence-corrected chi connectivity index (χ3v) is 5.25. The Kier molecular flexibility index (Phi) is 7.81. The second-order valence-corrected chi connectivity index (χ2v) is 6.91. The summed E-state index contributed by atoms with van der Waals surface area (Å²) < 4.78 is 10.6. The van der Waals surface area contributed by atoms with Gasteiger partial charge in [0.2, 0.25) is 0 Å². The maximum Gasteiger partial charge on any atom is 0.328 e. The molecule has 1 heterocycles. The summed E-state index contributed by atoms with van der Waals surface area (Å²) in [5.74, 6) is -0.315. The normalized spacial score (nSPS) is 20.5. The molecule has 2 N–H and O–H groups in total. The third-order valence-electron chi connectivity index (χ3n) is 4.76. The second kappa shape index (κ2) is 9.85. The van der Waals surface area contributed by atoms with Gasteiger partial charge in [0.1, 0.15) is 6.04 Å². The molecule has 0 spiro atoms. The van der Waals surface area contributed by atoms with Gasteiger partial charge in [-0.15, -0.1) is 0 Å². The van der Waals surface area contributed by atoms with E-state index in [-0.39, 0.29) is 18.0 Å². The Balaban J connectivity index is 2.03. The Morgan fingerprint density at radius 3 is 2.64 bits per heavy atom. The number of methoxy groups -OCH3 is 2. The van der Waals surface area contributed by atoms with Crippen molar-refractivity contribution in [2.75, 3.05) is 20.8 Å². The molecule has 25 heavy (non-hydrogen) atoms. The van der Waals surface area contributed by atoms with Gasteiger partial charge in [0, 0.05) is 25.5 Å². The Morgan fingerprint density at radius 2 is 2.08 bits per heavy atom. The lowest BCUT2D eigenvalue weighted by atomic mass is 9.95. The fourth-order valence-corrected chi connectivity index (χ4v) is 3.62. The van der Waals surface area contributed by atoms with E-state index in [9.17, 15) is 4.79 Å². The van der Waals surface area contributed by atoms with Gasteiger partial charge in [0.25, 0.3) is 0 Å². The first-order chi connectivity index (χ1) is 12.1. The lowest BCUT2D eigenvalue weighted by Crippen LogP contribution is -2.50. The van der Waals surface area contributed by atoms with Crippen LogP contribution in [0.15, 0.2) is 30.3 Å². The third kappa shape index (κ3) is 5.49. The van der Waals surface area contributed by atoms with E-state index in [0.29, 0.717) is 17.5 Å². The monoisotopic (exact) mass is 364 g/mol. The number of carbonyl (C=O) groups excluding carboxylic acids is 1. The van der Waals surface area contributed by atoms with Crippen LogP contribution in [0.3, 0.4) is 0 Å². The predicted molar refractivity (Wildman–Crippen MR) is 103 cm³/mol. The zero-order valence-corrected chi connectivity index (χ0v) is 16.0. The van der Waals surface area contributed by atoms with Gasteiger partial charge in [-0.2, -0.15) is 0 Å². The van der Waals surface area contributed by atoms with E-state index in [1.54, 1.807) is 7.11 Å². The summed E-state index contributed by atoms with van der Waals surface area (Å²) >= 11 is 5.59. The number of carbonyl (C=O) groups is 1. The highest BCUT2D eigenvalue weighted by atomic mass is 32.1. The maximum absolute atomic E-state index is 12.2. The van der Waals surface area contributed by atoms with E-state index >= 15 is 0 Å². The van der Waals surface area contributed by atoms with Crippen LogP contribution in [0.5, 0.6) is 0 Å². The molecular formula is C19H28N2O3S. The lowest BCUT2D eigenvalue weighted by Gasteiger charge is -2.30. The SMILES string of the molecule is COC(=O)C(Cc1ccccc1)NC(=S)C(C)[C@@H](OC)[C@@H]1CCCN1. The summed E-state index contributed by atoms with van der Waals surface area (Å²) in [5, 5.41) is 6.67. The largest absolute Gasteiger partial charge is 0.467 e. The summed E-state index contributed by atoms with van der Waals surface area (Å²) in [6.45, 7) is 3.05. The summed E-state index contributed by atoms with van der Waals surface area (Å²) in [5.41, 5.74) is 1.06. The van der Waals surface area contributed by atoms with Crippen LogP contribution in [-0.2, 0) is 20.7 Å². The van der Waals surface area contributed by atoms with Gasteiger partial charge in [-0.3, -0.25) is 0 Å². The Hall–Kier alpha value is -1.50. The molecule has 0 aromatic heterocycles. The van der Waals surface area contributed by atoms with Crippen molar-refractivity contribution in [3.63, 3.8) is 0 Å². The van der Waals surface area contributed by atoms with Crippen molar-refractivity contribution in [2.45, 2.75) is 44.4 Å². The molecule has 2 unspecified atom stereocenters. The zero-order chi connectivity index (χ0) is 18.2. The molecule has 4 atom stereocenters. The van der Waals surface area contributed by atoms with Crippen LogP contribution in [0.1, 0.15) is 25.3 Å². The number of ether oxygens (including phenoxy) is 2. The molecule has 1 saturated heterocycles. The molecule has 0 aliphatic carbocycles. The van der Waals surface area contributed by atoms with Crippen molar-refractivity contribution in [3.8, 4) is 0 Å². The van der Waals surface area contributed by atoms with Crippen LogP contribution in [-0.4, -0.2) is 49.9 Å². The fourth-order valence-electron chi connectivity index (χ4n) is 3.35. The molecule has 1 aliphatic heterocycles. The van der Waals surface area contributed by atoms with E-state index in [1.807, 2.05) is 37.3 Å². The molecule has 0 radical (unpaired) electrons. The van der Waals surface area contributed by atoms with Crippen molar-refractivity contribution in [1.29, 1.82) is 0 Å². The Morgan fingerprint density at radius 1 is 1.36 bits per heavy atom. The van der Waals surface area contributed by atoms with E-state index in [4.69, 9.17) is 21.7 Å².